The predicted molar refractivity (Wildman–Crippen MR) is 233 cm³/mol. The average Bonchev–Trinajstić information content (AvgIpc) is 3.79. The van der Waals surface area contributed by atoms with Crippen molar-refractivity contribution in [3.63, 3.8) is 0 Å². The van der Waals surface area contributed by atoms with Gasteiger partial charge in [0.2, 0.25) is 11.2 Å². The second-order valence-corrected chi connectivity index (χ2v) is 20.2. The lowest BCUT2D eigenvalue weighted by atomic mass is 10.1. The van der Waals surface area contributed by atoms with E-state index in [1.54, 1.807) is 47.8 Å². The van der Waals surface area contributed by atoms with Gasteiger partial charge in [-0.3, -0.25) is 9.56 Å². The van der Waals surface area contributed by atoms with Gasteiger partial charge in [-0.25, -0.2) is 22.2 Å². The number of benzene rings is 2. The van der Waals surface area contributed by atoms with Crippen LogP contribution in [0, 0.1) is 0 Å². The van der Waals surface area contributed by atoms with E-state index in [1.165, 1.54) is 0 Å². The van der Waals surface area contributed by atoms with Gasteiger partial charge < -0.3 is 19.3 Å². The Labute approximate surface area is 349 Å². The van der Waals surface area contributed by atoms with Crippen molar-refractivity contribution in [3.8, 4) is 5.95 Å². The van der Waals surface area contributed by atoms with Gasteiger partial charge in [0.25, 0.3) is 0 Å². The highest BCUT2D eigenvalue weighted by molar-refractivity contribution is 7.92. The van der Waals surface area contributed by atoms with Crippen LogP contribution in [0.3, 0.4) is 0 Å². The van der Waals surface area contributed by atoms with Crippen LogP contribution in [0.5, 0.6) is 0 Å². The fourth-order valence-corrected chi connectivity index (χ4v) is 7.96. The van der Waals surface area contributed by atoms with Crippen molar-refractivity contribution < 1.29 is 26.7 Å². The first kappa shape index (κ1) is 43.9. The number of alkyl halides is 2. The molecule has 0 unspecified atom stereocenters. The van der Waals surface area contributed by atoms with Gasteiger partial charge in [0.15, 0.2) is 11.6 Å². The van der Waals surface area contributed by atoms with Crippen LogP contribution in [0.4, 0.5) is 37.7 Å². The van der Waals surface area contributed by atoms with Crippen LogP contribution >= 0.6 is 11.6 Å². The van der Waals surface area contributed by atoms with Gasteiger partial charge in [0.1, 0.15) is 25.0 Å². The number of ether oxygens (including phenoxy) is 2. The molecule has 0 saturated carbocycles. The minimum Gasteiger partial charge on any atom is -0.377 e. The summed E-state index contributed by atoms with van der Waals surface area (Å²) in [6, 6.07) is 21.0. The molecule has 2 saturated heterocycles. The first-order valence-corrected chi connectivity index (χ1v) is 24.0. The molecule has 0 radical (unpaired) electrons. The molecule has 5 aromatic rings. The third-order valence-corrected chi connectivity index (χ3v) is 10.7. The van der Waals surface area contributed by atoms with Crippen LogP contribution in [0.15, 0.2) is 80.4 Å². The Hall–Kier alpha value is -4.62. The van der Waals surface area contributed by atoms with Crippen LogP contribution in [-0.2, 0) is 42.0 Å². The van der Waals surface area contributed by atoms with E-state index in [9.17, 15) is 17.2 Å². The molecular weight excluding hydrogens is 822 g/mol. The van der Waals surface area contributed by atoms with Gasteiger partial charge in [-0.2, -0.15) is 23.7 Å². The van der Waals surface area contributed by atoms with Gasteiger partial charge in [-0.15, -0.1) is 0 Å². The summed E-state index contributed by atoms with van der Waals surface area (Å²) in [4.78, 5) is 25.8. The number of morpholine rings is 2. The lowest BCUT2D eigenvalue weighted by Gasteiger charge is -2.34. The molecule has 0 aliphatic carbocycles. The van der Waals surface area contributed by atoms with Crippen LogP contribution in [0.25, 0.3) is 16.9 Å². The molecule has 3 aliphatic rings. The van der Waals surface area contributed by atoms with Gasteiger partial charge in [0, 0.05) is 81.5 Å². The largest absolute Gasteiger partial charge is 0.377 e. The Morgan fingerprint density at radius 2 is 1.34 bits per heavy atom. The zero-order chi connectivity index (χ0) is 42.3. The third kappa shape index (κ3) is 11.8. The molecule has 14 nitrogen and oxygen atoms in total. The summed E-state index contributed by atoms with van der Waals surface area (Å²) in [5.41, 5.74) is 3.98. The van der Waals surface area contributed by atoms with E-state index in [4.69, 9.17) is 26.1 Å². The molecule has 2 atom stereocenters. The fraction of sp³-hybridized carbons (Fsp3) is 0.425. The SMILES string of the molecule is C[C@@H]1COCCN1c1cc(N=S(C)(C)=O)nc(-n2c(CF)cc3ccccc32)n1.C[C@@H]1COCCN1c1cc(N=S(C)(C)=O)nc(Cl)n1.FCC1=Nc2ccccc2C1. The number of aliphatic imine (C=N–C) groups is 1. The summed E-state index contributed by atoms with van der Waals surface area (Å²) in [6.45, 7) is 6.92. The topological polar surface area (TPSA) is 153 Å². The highest BCUT2D eigenvalue weighted by Gasteiger charge is 2.24. The van der Waals surface area contributed by atoms with Crippen molar-refractivity contribution in [2.45, 2.75) is 39.0 Å². The lowest BCUT2D eigenvalue weighted by molar-refractivity contribution is 0.0985. The van der Waals surface area contributed by atoms with Crippen molar-refractivity contribution in [1.82, 2.24) is 24.5 Å². The molecule has 3 aliphatic heterocycles. The third-order valence-electron chi connectivity index (χ3n) is 9.25. The number of halogens is 3. The summed E-state index contributed by atoms with van der Waals surface area (Å²) >= 11 is 5.91. The fourth-order valence-electron chi connectivity index (χ4n) is 6.70. The van der Waals surface area contributed by atoms with Gasteiger partial charge in [0.05, 0.1) is 61.1 Å². The quantitative estimate of drug-likeness (QED) is 0.151. The molecule has 2 fully saturated rings. The van der Waals surface area contributed by atoms with Gasteiger partial charge in [-0.1, -0.05) is 36.4 Å². The molecule has 0 N–H and O–H groups in total. The van der Waals surface area contributed by atoms with Crippen molar-refractivity contribution in [3.05, 3.63) is 83.3 Å². The number of hydrogen-bond acceptors (Lipinski definition) is 13. The second kappa shape index (κ2) is 19.2. The predicted octanol–water partition coefficient (Wildman–Crippen LogP) is 7.47. The number of anilines is 2. The van der Waals surface area contributed by atoms with E-state index < -0.39 is 32.8 Å². The molecule has 6 heterocycles. The minimum atomic E-state index is -2.42. The molecule has 0 spiro atoms. The van der Waals surface area contributed by atoms with Crippen LogP contribution in [-0.4, -0.2) is 122 Å². The van der Waals surface area contributed by atoms with E-state index in [-0.39, 0.29) is 17.4 Å². The summed E-state index contributed by atoms with van der Waals surface area (Å²) in [5.74, 6) is 2.34. The highest BCUT2D eigenvalue weighted by atomic mass is 35.5. The highest BCUT2D eigenvalue weighted by Crippen LogP contribution is 2.29. The molecule has 8 rings (SSSR count). The van der Waals surface area contributed by atoms with E-state index in [1.807, 2.05) is 48.5 Å². The molecule has 19 heteroatoms. The minimum absolute atomic E-state index is 0.110. The maximum absolute atomic E-state index is 13.8. The molecule has 59 heavy (non-hydrogen) atoms. The maximum atomic E-state index is 13.8. The van der Waals surface area contributed by atoms with Crippen molar-refractivity contribution in [1.29, 1.82) is 0 Å². The lowest BCUT2D eigenvalue weighted by Crippen LogP contribution is -2.44. The Bertz CT molecular complexity index is 2560. The number of para-hydroxylation sites is 2. The Balaban J connectivity index is 0.000000166. The summed E-state index contributed by atoms with van der Waals surface area (Å²) < 4.78 is 71.0. The zero-order valence-corrected chi connectivity index (χ0v) is 36.3. The van der Waals surface area contributed by atoms with Crippen molar-refractivity contribution >= 4 is 76.6 Å². The molecule has 2 aromatic carbocycles. The number of fused-ring (bicyclic) bond motifs is 2. The summed E-state index contributed by atoms with van der Waals surface area (Å²) in [5, 5.41) is 1.01. The van der Waals surface area contributed by atoms with Crippen LogP contribution in [0.2, 0.25) is 5.28 Å². The summed E-state index contributed by atoms with van der Waals surface area (Å²) in [7, 11) is -4.70. The molecular formula is C40H49ClF2N10O4S2. The number of nitrogens with zero attached hydrogens (tertiary/aromatic N) is 10. The first-order chi connectivity index (χ1) is 28.1. The number of aromatic nitrogens is 5. The van der Waals surface area contributed by atoms with E-state index in [0.29, 0.717) is 80.0 Å². The standard InChI is InChI=1S/C20H24FN5O2S.C11H17ClN4O2S.C9H8FN/c1-14-13-28-9-8-25(14)19-11-18(24-29(2,3)27)22-20(23-19)26-16(12-21)10-15-6-4-5-7-17(15)26;1-8-7-18-5-4-16(8)10-6-9(13-11(12)14-10)15-19(2,3)17;10-6-8-5-7-3-1-2-4-9(7)11-8/h4-7,10-11,14H,8-9,12-13H2,1-3H3;6,8H,4-5,7H2,1-3H3;1-4H,5-6H2/t14-;8-;/m11./s1. The maximum Gasteiger partial charge on any atom is 0.238 e. The number of rotatable bonds is 7. The van der Waals surface area contributed by atoms with Crippen molar-refractivity contribution in [2.24, 2.45) is 13.7 Å². The Morgan fingerprint density at radius 1 is 0.763 bits per heavy atom. The smallest absolute Gasteiger partial charge is 0.238 e. The zero-order valence-electron chi connectivity index (χ0n) is 33.9. The average molecular weight is 871 g/mol. The normalized spacial score (nSPS) is 17.9. The van der Waals surface area contributed by atoms with Crippen molar-refractivity contribution in [2.75, 3.05) is 81.0 Å². The molecule has 3 aromatic heterocycles. The van der Waals surface area contributed by atoms with E-state index in [2.05, 4.69) is 52.3 Å². The second-order valence-electron chi connectivity index (χ2n) is 14.8. The molecule has 0 amide bonds. The van der Waals surface area contributed by atoms with Crippen LogP contribution in [0.1, 0.15) is 25.1 Å². The Kier molecular flexibility index (Phi) is 14.3. The monoisotopic (exact) mass is 870 g/mol. The molecule has 316 valence electrons. The van der Waals surface area contributed by atoms with Gasteiger partial charge >= 0.3 is 0 Å². The molecule has 0 bridgehead atoms. The Morgan fingerprint density at radius 3 is 1.92 bits per heavy atom. The van der Waals surface area contributed by atoms with Gasteiger partial charge in [-0.05, 0) is 49.2 Å². The summed E-state index contributed by atoms with van der Waals surface area (Å²) in [6.07, 6.45) is 6.92. The number of hydrogen-bond donors (Lipinski definition) is 0. The van der Waals surface area contributed by atoms with E-state index in [0.717, 1.165) is 28.7 Å². The first-order valence-electron chi connectivity index (χ1n) is 18.9. The van der Waals surface area contributed by atoms with Crippen LogP contribution < -0.4 is 9.80 Å². The van der Waals surface area contributed by atoms with E-state index >= 15 is 0 Å².